The van der Waals surface area contributed by atoms with Crippen LogP contribution in [-0.2, 0) is 9.59 Å². The minimum absolute atomic E-state index is 0.133. The van der Waals surface area contributed by atoms with Crippen LogP contribution >= 0.6 is 11.3 Å². The molecule has 0 spiro atoms. The highest BCUT2D eigenvalue weighted by Crippen LogP contribution is 2.31. The molecule has 0 saturated carbocycles. The summed E-state index contributed by atoms with van der Waals surface area (Å²) in [6, 6.07) is -0.293. The molecule has 0 aromatic carbocycles. The highest BCUT2D eigenvalue weighted by atomic mass is 32.1. The summed E-state index contributed by atoms with van der Waals surface area (Å²) in [5, 5.41) is 3.30. The van der Waals surface area contributed by atoms with E-state index in [0.717, 1.165) is 44.6 Å². The van der Waals surface area contributed by atoms with Gasteiger partial charge >= 0.3 is 0 Å². The van der Waals surface area contributed by atoms with Gasteiger partial charge in [-0.25, -0.2) is 4.98 Å². The first-order chi connectivity index (χ1) is 11.5. The molecule has 2 aliphatic rings. The van der Waals surface area contributed by atoms with Crippen molar-refractivity contribution in [2.75, 3.05) is 19.6 Å². The fraction of sp³-hybridized carbons (Fsp3) is 0.722. The van der Waals surface area contributed by atoms with Gasteiger partial charge in [0.15, 0.2) is 0 Å². The molecule has 2 fully saturated rings. The topological polar surface area (TPSA) is 53.5 Å². The zero-order valence-corrected chi connectivity index (χ0v) is 15.6. The van der Waals surface area contributed by atoms with Crippen LogP contribution in [0.25, 0.3) is 0 Å². The van der Waals surface area contributed by atoms with Crippen molar-refractivity contribution in [1.82, 2.24) is 14.8 Å². The molecule has 2 amide bonds. The molecular formula is C18H27N3O2S. The van der Waals surface area contributed by atoms with Gasteiger partial charge in [0, 0.05) is 43.0 Å². The lowest BCUT2D eigenvalue weighted by molar-refractivity contribution is -0.146. The molecule has 0 bridgehead atoms. The number of aryl methyl sites for hydroxylation is 1. The number of carbonyl (C=O) groups excluding carboxylic acids is 2. The smallest absolute Gasteiger partial charge is 0.245 e. The van der Waals surface area contributed by atoms with Gasteiger partial charge in [-0.15, -0.1) is 11.3 Å². The number of thiazole rings is 1. The highest BCUT2D eigenvalue weighted by molar-refractivity contribution is 7.09. The molecule has 2 aliphatic heterocycles. The summed E-state index contributed by atoms with van der Waals surface area (Å²) in [6.45, 7) is 8.38. The first kappa shape index (κ1) is 17.4. The standard InChI is InChI=1S/C18H27N3O2S/c1-12(2)16(21-8-4-5-15(21)22)18(23)20-9-6-14(7-10-20)17-19-13(3)11-24-17/h11-12,14,16H,4-10H2,1-3H3. The van der Waals surface area contributed by atoms with E-state index in [1.807, 2.05) is 30.6 Å². The molecule has 3 rings (SSSR count). The van der Waals surface area contributed by atoms with E-state index < -0.39 is 0 Å². The third-order valence-electron chi connectivity index (χ3n) is 5.12. The number of hydrogen-bond acceptors (Lipinski definition) is 4. The average Bonchev–Trinajstić information content (AvgIpc) is 3.16. The minimum atomic E-state index is -0.293. The summed E-state index contributed by atoms with van der Waals surface area (Å²) in [7, 11) is 0. The largest absolute Gasteiger partial charge is 0.341 e. The molecule has 132 valence electrons. The van der Waals surface area contributed by atoms with E-state index in [1.54, 1.807) is 11.3 Å². The molecular weight excluding hydrogens is 322 g/mol. The Labute approximate surface area is 148 Å². The normalized spacial score (nSPS) is 20.9. The lowest BCUT2D eigenvalue weighted by Crippen LogP contribution is -2.53. The molecule has 3 heterocycles. The first-order valence-electron chi connectivity index (χ1n) is 8.97. The maximum Gasteiger partial charge on any atom is 0.245 e. The number of aromatic nitrogens is 1. The van der Waals surface area contributed by atoms with Crippen LogP contribution in [-0.4, -0.2) is 52.3 Å². The molecule has 2 saturated heterocycles. The van der Waals surface area contributed by atoms with Gasteiger partial charge in [0.1, 0.15) is 6.04 Å². The predicted octanol–water partition coefficient (Wildman–Crippen LogP) is 2.80. The van der Waals surface area contributed by atoms with Gasteiger partial charge in [-0.3, -0.25) is 9.59 Å². The van der Waals surface area contributed by atoms with Crippen molar-refractivity contribution in [2.24, 2.45) is 5.92 Å². The van der Waals surface area contributed by atoms with E-state index in [0.29, 0.717) is 12.3 Å². The Bertz CT molecular complexity index is 605. The van der Waals surface area contributed by atoms with E-state index >= 15 is 0 Å². The Hall–Kier alpha value is -1.43. The molecule has 6 heteroatoms. The summed E-state index contributed by atoms with van der Waals surface area (Å²) < 4.78 is 0. The summed E-state index contributed by atoms with van der Waals surface area (Å²) >= 11 is 1.73. The van der Waals surface area contributed by atoms with Crippen LogP contribution in [0.3, 0.4) is 0 Å². The number of amides is 2. The molecule has 0 radical (unpaired) electrons. The van der Waals surface area contributed by atoms with Gasteiger partial charge in [0.25, 0.3) is 0 Å². The van der Waals surface area contributed by atoms with Crippen molar-refractivity contribution in [3.63, 3.8) is 0 Å². The number of piperidine rings is 1. The summed E-state index contributed by atoms with van der Waals surface area (Å²) in [5.74, 6) is 0.891. The molecule has 1 aromatic rings. The van der Waals surface area contributed by atoms with Crippen LogP contribution in [0.4, 0.5) is 0 Å². The van der Waals surface area contributed by atoms with Gasteiger partial charge in [-0.1, -0.05) is 13.8 Å². The van der Waals surface area contributed by atoms with E-state index in [-0.39, 0.29) is 23.8 Å². The lowest BCUT2D eigenvalue weighted by atomic mass is 9.95. The number of likely N-dealkylation sites (tertiary alicyclic amines) is 2. The van der Waals surface area contributed by atoms with Crippen molar-refractivity contribution >= 4 is 23.2 Å². The zero-order chi connectivity index (χ0) is 17.3. The predicted molar refractivity (Wildman–Crippen MR) is 95.0 cm³/mol. The van der Waals surface area contributed by atoms with Gasteiger partial charge in [0.05, 0.1) is 5.01 Å². The van der Waals surface area contributed by atoms with Crippen molar-refractivity contribution in [3.05, 3.63) is 16.1 Å². The fourth-order valence-corrected chi connectivity index (χ4v) is 4.80. The number of carbonyl (C=O) groups is 2. The van der Waals surface area contributed by atoms with Crippen molar-refractivity contribution in [1.29, 1.82) is 0 Å². The Morgan fingerprint density at radius 3 is 2.50 bits per heavy atom. The minimum Gasteiger partial charge on any atom is -0.341 e. The summed E-state index contributed by atoms with van der Waals surface area (Å²) in [4.78, 5) is 33.5. The Balaban J connectivity index is 1.63. The van der Waals surface area contributed by atoms with Crippen LogP contribution in [0, 0.1) is 12.8 Å². The summed E-state index contributed by atoms with van der Waals surface area (Å²) in [6.07, 6.45) is 3.40. The molecule has 0 N–H and O–H groups in total. The maximum atomic E-state index is 13.0. The monoisotopic (exact) mass is 349 g/mol. The maximum absolute atomic E-state index is 13.0. The van der Waals surface area contributed by atoms with Gasteiger partial charge in [-0.2, -0.15) is 0 Å². The number of hydrogen-bond donors (Lipinski definition) is 0. The SMILES string of the molecule is Cc1csc(C2CCN(C(=O)C(C(C)C)N3CCCC3=O)CC2)n1. The molecule has 1 unspecified atom stereocenters. The van der Waals surface area contributed by atoms with E-state index in [1.165, 1.54) is 5.01 Å². The van der Waals surface area contributed by atoms with Gasteiger partial charge in [-0.05, 0) is 32.1 Å². The zero-order valence-electron chi connectivity index (χ0n) is 14.8. The van der Waals surface area contributed by atoms with E-state index in [2.05, 4.69) is 10.4 Å². The first-order valence-corrected chi connectivity index (χ1v) is 9.85. The van der Waals surface area contributed by atoms with E-state index in [9.17, 15) is 9.59 Å². The van der Waals surface area contributed by atoms with Crippen LogP contribution in [0.2, 0.25) is 0 Å². The molecule has 1 aromatic heterocycles. The van der Waals surface area contributed by atoms with Gasteiger partial charge < -0.3 is 9.80 Å². The van der Waals surface area contributed by atoms with Crippen molar-refractivity contribution in [3.8, 4) is 0 Å². The number of nitrogens with zero attached hydrogens (tertiary/aromatic N) is 3. The second kappa shape index (κ2) is 7.21. The Morgan fingerprint density at radius 2 is 2.00 bits per heavy atom. The average molecular weight is 350 g/mol. The third kappa shape index (κ3) is 3.48. The second-order valence-electron chi connectivity index (χ2n) is 7.31. The quantitative estimate of drug-likeness (QED) is 0.840. The van der Waals surface area contributed by atoms with Crippen LogP contribution in [0.5, 0.6) is 0 Å². The second-order valence-corrected chi connectivity index (χ2v) is 8.20. The van der Waals surface area contributed by atoms with E-state index in [4.69, 9.17) is 0 Å². The lowest BCUT2D eigenvalue weighted by Gasteiger charge is -2.37. The van der Waals surface area contributed by atoms with Crippen molar-refractivity contribution < 1.29 is 9.59 Å². The van der Waals surface area contributed by atoms with Crippen molar-refractivity contribution in [2.45, 2.75) is 58.4 Å². The summed E-state index contributed by atoms with van der Waals surface area (Å²) in [5.41, 5.74) is 1.08. The van der Waals surface area contributed by atoms with Gasteiger partial charge in [0.2, 0.25) is 11.8 Å². The third-order valence-corrected chi connectivity index (χ3v) is 6.25. The highest BCUT2D eigenvalue weighted by Gasteiger charge is 2.38. The van der Waals surface area contributed by atoms with Crippen LogP contribution < -0.4 is 0 Å². The van der Waals surface area contributed by atoms with Crippen LogP contribution in [0.1, 0.15) is 56.2 Å². The molecule has 1 atom stereocenters. The van der Waals surface area contributed by atoms with Crippen LogP contribution in [0.15, 0.2) is 5.38 Å². The molecule has 24 heavy (non-hydrogen) atoms. The fourth-order valence-electron chi connectivity index (χ4n) is 3.84. The molecule has 5 nitrogen and oxygen atoms in total. The Morgan fingerprint density at radius 1 is 1.29 bits per heavy atom. The molecule has 0 aliphatic carbocycles. The number of rotatable bonds is 4. The Kier molecular flexibility index (Phi) is 5.23.